The zero-order valence-electron chi connectivity index (χ0n) is 4.15. The molecule has 1 atom stereocenters. The van der Waals surface area contributed by atoms with Crippen LogP contribution in [0.2, 0.25) is 0 Å². The molecule has 0 saturated heterocycles. The predicted molar refractivity (Wildman–Crippen MR) is 28.7 cm³/mol. The summed E-state index contributed by atoms with van der Waals surface area (Å²) < 4.78 is 15.5. The molecule has 46 valence electrons. The molecule has 0 amide bonds. The van der Waals surface area contributed by atoms with Crippen LogP contribution in [0.5, 0.6) is 0 Å². The van der Waals surface area contributed by atoms with Crippen LogP contribution in [0.1, 0.15) is 6.42 Å². The quantitative estimate of drug-likeness (QED) is 0.354. The first-order chi connectivity index (χ1) is 3.91. The summed E-state index contributed by atoms with van der Waals surface area (Å²) in [5.41, 5.74) is 0. The van der Waals surface area contributed by atoms with Crippen molar-refractivity contribution >= 4 is 8.96 Å². The molecule has 0 saturated carbocycles. The molecule has 1 N–H and O–H groups in total. The average Bonchev–Trinajstić information content (AvgIpc) is 1.81. The SMILES string of the molecule is N#CCCOPNF. The summed E-state index contributed by atoms with van der Waals surface area (Å²) in [6.45, 7) is 0.297. The van der Waals surface area contributed by atoms with E-state index in [1.54, 1.807) is 0 Å². The van der Waals surface area contributed by atoms with Gasteiger partial charge in [-0.15, -0.1) is 9.79 Å². The minimum Gasteiger partial charge on any atom is -0.343 e. The molecular weight excluding hydrogens is 130 g/mol. The van der Waals surface area contributed by atoms with Crippen molar-refractivity contribution in [2.45, 2.75) is 6.42 Å². The lowest BCUT2D eigenvalue weighted by Gasteiger charge is -1.92. The van der Waals surface area contributed by atoms with Crippen LogP contribution < -0.4 is 5.31 Å². The van der Waals surface area contributed by atoms with Gasteiger partial charge in [0.15, 0.2) is 0 Å². The summed E-state index contributed by atoms with van der Waals surface area (Å²) in [6.07, 6.45) is 0.314. The topological polar surface area (TPSA) is 45.0 Å². The molecule has 0 rings (SSSR count). The van der Waals surface area contributed by atoms with Gasteiger partial charge < -0.3 is 4.52 Å². The van der Waals surface area contributed by atoms with E-state index in [1.807, 2.05) is 6.07 Å². The largest absolute Gasteiger partial charge is 0.343 e. The Balaban J connectivity index is 2.65. The fourth-order valence-corrected chi connectivity index (χ4v) is 0.434. The van der Waals surface area contributed by atoms with Crippen LogP contribution in [0.25, 0.3) is 0 Å². The third-order valence-corrected chi connectivity index (χ3v) is 0.852. The Morgan fingerprint density at radius 3 is 3.12 bits per heavy atom. The first-order valence-electron chi connectivity index (χ1n) is 2.01. The van der Waals surface area contributed by atoms with Gasteiger partial charge in [0.2, 0.25) is 0 Å². The predicted octanol–water partition coefficient (Wildman–Crippen LogP) is 0.899. The molecule has 0 fully saturated rings. The van der Waals surface area contributed by atoms with Crippen molar-refractivity contribution in [3.8, 4) is 6.07 Å². The molecule has 5 heteroatoms. The molecule has 1 unspecified atom stereocenters. The van der Waals surface area contributed by atoms with Gasteiger partial charge in [-0.25, -0.2) is 0 Å². The normalized spacial score (nSPS) is 10.0. The van der Waals surface area contributed by atoms with E-state index in [0.717, 1.165) is 0 Å². The van der Waals surface area contributed by atoms with Crippen LogP contribution >= 0.6 is 8.96 Å². The van der Waals surface area contributed by atoms with Crippen molar-refractivity contribution in [1.82, 2.24) is 5.31 Å². The lowest BCUT2D eigenvalue weighted by Crippen LogP contribution is -1.86. The minimum absolute atomic E-state index is 0.297. The first kappa shape index (κ1) is 7.77. The molecule has 0 aromatic rings. The maximum Gasteiger partial charge on any atom is 0.116 e. The van der Waals surface area contributed by atoms with Crippen LogP contribution in [-0.4, -0.2) is 6.61 Å². The van der Waals surface area contributed by atoms with Gasteiger partial charge in [0.25, 0.3) is 0 Å². The summed E-state index contributed by atoms with van der Waals surface area (Å²) >= 11 is 0. The molecule has 3 nitrogen and oxygen atoms in total. The van der Waals surface area contributed by atoms with E-state index in [1.165, 1.54) is 5.31 Å². The molecule has 0 aliphatic heterocycles. The van der Waals surface area contributed by atoms with Crippen molar-refractivity contribution < 1.29 is 9.01 Å². The fourth-order valence-electron chi connectivity index (χ4n) is 0.175. The summed E-state index contributed by atoms with van der Waals surface area (Å²) in [4.78, 5) is 0. The summed E-state index contributed by atoms with van der Waals surface area (Å²) in [6, 6.07) is 1.86. The number of rotatable bonds is 4. The van der Waals surface area contributed by atoms with Crippen molar-refractivity contribution in [1.29, 1.82) is 5.26 Å². The molecular formula is C3H6FN2OP. The molecule has 0 aliphatic carbocycles. The highest BCUT2D eigenvalue weighted by Gasteiger charge is 1.82. The van der Waals surface area contributed by atoms with Crippen LogP contribution in [0.15, 0.2) is 0 Å². The standard InChI is InChI=1S/C3H6FN2OP/c4-6-8-7-3-1-2-5/h6,8H,1,3H2. The summed E-state index contributed by atoms with van der Waals surface area (Å²) in [5.74, 6) is 0. The number of nitriles is 1. The Labute approximate surface area is 48.7 Å². The number of nitrogens with zero attached hydrogens (tertiary/aromatic N) is 1. The Hall–Kier alpha value is -0.230. The third-order valence-electron chi connectivity index (χ3n) is 0.427. The van der Waals surface area contributed by atoms with E-state index < -0.39 is 0 Å². The second-order valence-electron chi connectivity index (χ2n) is 0.953. The molecule has 0 aliphatic rings. The molecule has 0 aromatic carbocycles. The van der Waals surface area contributed by atoms with Gasteiger partial charge in [-0.1, -0.05) is 0 Å². The highest BCUT2D eigenvalue weighted by Crippen LogP contribution is 2.03. The van der Waals surface area contributed by atoms with Crippen LogP contribution in [0.3, 0.4) is 0 Å². The Morgan fingerprint density at radius 1 is 1.88 bits per heavy atom. The maximum atomic E-state index is 11.0. The smallest absolute Gasteiger partial charge is 0.116 e. The van der Waals surface area contributed by atoms with Gasteiger partial charge in [-0.05, 0) is 0 Å². The second-order valence-corrected chi connectivity index (χ2v) is 1.63. The molecule has 0 radical (unpaired) electrons. The van der Waals surface area contributed by atoms with Crippen LogP contribution in [0, 0.1) is 11.3 Å². The molecule has 0 bridgehead atoms. The van der Waals surface area contributed by atoms with Crippen LogP contribution in [0.4, 0.5) is 4.48 Å². The Kier molecular flexibility index (Phi) is 6.58. The summed E-state index contributed by atoms with van der Waals surface area (Å²) in [7, 11) is -0.343. The van der Waals surface area contributed by atoms with Crippen LogP contribution in [-0.2, 0) is 4.52 Å². The zero-order chi connectivity index (χ0) is 6.24. The first-order valence-corrected chi connectivity index (χ1v) is 2.92. The van der Waals surface area contributed by atoms with Gasteiger partial charge in [0, 0.05) is 0 Å². The highest BCUT2D eigenvalue weighted by atomic mass is 31.1. The Bertz CT molecular complexity index is 83.8. The Morgan fingerprint density at radius 2 is 2.62 bits per heavy atom. The number of nitrogens with one attached hydrogen (secondary N) is 1. The number of halogens is 1. The lowest BCUT2D eigenvalue weighted by atomic mass is 10.5. The second kappa shape index (κ2) is 6.77. The molecule has 8 heavy (non-hydrogen) atoms. The summed E-state index contributed by atoms with van der Waals surface area (Å²) in [5, 5.41) is 9.25. The molecule has 0 heterocycles. The van der Waals surface area contributed by atoms with E-state index in [4.69, 9.17) is 5.26 Å². The van der Waals surface area contributed by atoms with E-state index in [9.17, 15) is 4.48 Å². The minimum atomic E-state index is -0.343. The van der Waals surface area contributed by atoms with Gasteiger partial charge in [-0.3, -0.25) is 0 Å². The van der Waals surface area contributed by atoms with E-state index in [0.29, 0.717) is 13.0 Å². The van der Waals surface area contributed by atoms with Gasteiger partial charge >= 0.3 is 0 Å². The fraction of sp³-hybridized carbons (Fsp3) is 0.667. The molecule has 0 aromatic heterocycles. The van der Waals surface area contributed by atoms with Gasteiger partial charge in [0.05, 0.1) is 19.1 Å². The zero-order valence-corrected chi connectivity index (χ0v) is 5.15. The number of hydrogen-bond acceptors (Lipinski definition) is 3. The van der Waals surface area contributed by atoms with Gasteiger partial charge in [0.1, 0.15) is 8.96 Å². The van der Waals surface area contributed by atoms with Crippen molar-refractivity contribution in [3.63, 3.8) is 0 Å². The maximum absolute atomic E-state index is 11.0. The van der Waals surface area contributed by atoms with E-state index in [2.05, 4.69) is 4.52 Å². The lowest BCUT2D eigenvalue weighted by molar-refractivity contribution is 0.340. The third kappa shape index (κ3) is 5.77. The highest BCUT2D eigenvalue weighted by molar-refractivity contribution is 7.29. The van der Waals surface area contributed by atoms with Gasteiger partial charge in [-0.2, -0.15) is 5.26 Å². The van der Waals surface area contributed by atoms with Crippen molar-refractivity contribution in [3.05, 3.63) is 0 Å². The van der Waals surface area contributed by atoms with Crippen molar-refractivity contribution in [2.24, 2.45) is 0 Å². The number of hydrogen-bond donors (Lipinski definition) is 1. The van der Waals surface area contributed by atoms with Crippen molar-refractivity contribution in [2.75, 3.05) is 6.61 Å². The monoisotopic (exact) mass is 136 g/mol. The average molecular weight is 136 g/mol. The van der Waals surface area contributed by atoms with E-state index >= 15 is 0 Å². The van der Waals surface area contributed by atoms with E-state index in [-0.39, 0.29) is 8.96 Å². The molecule has 0 spiro atoms.